The highest BCUT2D eigenvalue weighted by molar-refractivity contribution is 7.98. The van der Waals surface area contributed by atoms with E-state index in [-0.39, 0.29) is 11.2 Å². The summed E-state index contributed by atoms with van der Waals surface area (Å²) < 4.78 is 14.8. The predicted molar refractivity (Wildman–Crippen MR) is 86.4 cm³/mol. The van der Waals surface area contributed by atoms with Crippen molar-refractivity contribution >= 4 is 28.5 Å². The van der Waals surface area contributed by atoms with Gasteiger partial charge in [-0.15, -0.1) is 0 Å². The predicted octanol–water partition coefficient (Wildman–Crippen LogP) is 2.44. The van der Waals surface area contributed by atoms with Crippen LogP contribution in [0.1, 0.15) is 0 Å². The van der Waals surface area contributed by atoms with Crippen molar-refractivity contribution in [2.75, 3.05) is 12.0 Å². The molecule has 112 valence electrons. The minimum Gasteiger partial charge on any atom is -0.396 e. The average Bonchev–Trinajstić information content (AvgIpc) is 2.53. The zero-order chi connectivity index (χ0) is 15.9. The van der Waals surface area contributed by atoms with Gasteiger partial charge in [-0.05, 0) is 30.0 Å². The maximum absolute atomic E-state index is 13.3. The molecule has 0 saturated heterocycles. The van der Waals surface area contributed by atoms with Gasteiger partial charge in [-0.1, -0.05) is 17.8 Å². The molecule has 0 radical (unpaired) electrons. The van der Waals surface area contributed by atoms with E-state index in [9.17, 15) is 9.18 Å². The van der Waals surface area contributed by atoms with Crippen LogP contribution in [0.25, 0.3) is 22.2 Å². The molecule has 5 nitrogen and oxygen atoms in total. The summed E-state index contributed by atoms with van der Waals surface area (Å²) in [7, 11) is 1.65. The first-order valence-corrected chi connectivity index (χ1v) is 7.70. The van der Waals surface area contributed by atoms with E-state index in [2.05, 4.69) is 9.97 Å². The molecule has 2 heterocycles. The minimum absolute atomic E-state index is 0.00799. The fourth-order valence-electron chi connectivity index (χ4n) is 2.25. The highest BCUT2D eigenvalue weighted by Crippen LogP contribution is 2.23. The molecule has 22 heavy (non-hydrogen) atoms. The molecular weight excluding hydrogens is 303 g/mol. The minimum atomic E-state index is -0.505. The number of rotatable bonds is 2. The van der Waals surface area contributed by atoms with Crippen LogP contribution in [-0.4, -0.2) is 20.8 Å². The Morgan fingerprint density at radius 1 is 1.32 bits per heavy atom. The van der Waals surface area contributed by atoms with Crippen LogP contribution in [-0.2, 0) is 7.05 Å². The third kappa shape index (κ3) is 2.33. The second-order valence-corrected chi connectivity index (χ2v) is 5.57. The number of hydrogen-bond acceptors (Lipinski definition) is 5. The first-order chi connectivity index (χ1) is 10.5. The number of anilines is 1. The Bertz CT molecular complexity index is 939. The maximum Gasteiger partial charge on any atom is 0.259 e. The molecule has 0 fully saturated rings. The van der Waals surface area contributed by atoms with E-state index < -0.39 is 5.82 Å². The first-order valence-electron chi connectivity index (χ1n) is 6.47. The second-order valence-electron chi connectivity index (χ2n) is 4.79. The van der Waals surface area contributed by atoms with E-state index in [4.69, 9.17) is 5.73 Å². The normalized spacial score (nSPS) is 11.0. The number of nitrogen functional groups attached to an aromatic ring is 1. The van der Waals surface area contributed by atoms with Gasteiger partial charge >= 0.3 is 0 Å². The fourth-order valence-corrected chi connectivity index (χ4v) is 2.58. The Balaban J connectivity index is 2.29. The summed E-state index contributed by atoms with van der Waals surface area (Å²) >= 11 is 1.41. The standard InChI is InChI=1S/C15H13FN4OS/c1-20-13-9(7-18-15(19-13)22-2)5-10(14(20)21)8-3-4-11(16)12(17)6-8/h3-7H,17H2,1-2H3. The Morgan fingerprint density at radius 2 is 2.09 bits per heavy atom. The third-order valence-corrected chi connectivity index (χ3v) is 3.98. The van der Waals surface area contributed by atoms with Crippen LogP contribution in [0.2, 0.25) is 0 Å². The smallest absolute Gasteiger partial charge is 0.259 e. The molecule has 7 heteroatoms. The molecule has 1 aromatic carbocycles. The van der Waals surface area contributed by atoms with Gasteiger partial charge in [0.05, 0.1) is 5.69 Å². The van der Waals surface area contributed by atoms with Gasteiger partial charge in [0, 0.05) is 24.2 Å². The largest absolute Gasteiger partial charge is 0.396 e. The molecule has 2 aromatic heterocycles. The molecule has 0 unspecified atom stereocenters. The molecule has 3 aromatic rings. The van der Waals surface area contributed by atoms with Gasteiger partial charge in [0.1, 0.15) is 11.5 Å². The zero-order valence-corrected chi connectivity index (χ0v) is 12.8. The second kappa shape index (κ2) is 5.42. The summed E-state index contributed by atoms with van der Waals surface area (Å²) in [4.78, 5) is 21.1. The van der Waals surface area contributed by atoms with Crippen LogP contribution in [0.4, 0.5) is 10.1 Å². The van der Waals surface area contributed by atoms with Crippen LogP contribution < -0.4 is 11.3 Å². The number of pyridine rings is 1. The topological polar surface area (TPSA) is 73.8 Å². The van der Waals surface area contributed by atoms with Gasteiger partial charge < -0.3 is 5.73 Å². The Hall–Kier alpha value is -2.41. The molecule has 2 N–H and O–H groups in total. The highest BCUT2D eigenvalue weighted by atomic mass is 32.2. The van der Waals surface area contributed by atoms with Crippen LogP contribution >= 0.6 is 11.8 Å². The number of benzene rings is 1. The van der Waals surface area contributed by atoms with Gasteiger partial charge in [-0.3, -0.25) is 9.36 Å². The van der Waals surface area contributed by atoms with Crippen molar-refractivity contribution in [2.45, 2.75) is 5.16 Å². The number of thioether (sulfide) groups is 1. The number of aromatic nitrogens is 3. The summed E-state index contributed by atoms with van der Waals surface area (Å²) in [5.74, 6) is -0.505. The Labute approximate surface area is 130 Å². The third-order valence-electron chi connectivity index (χ3n) is 3.42. The maximum atomic E-state index is 13.3. The number of aryl methyl sites for hydroxylation is 1. The Kier molecular flexibility index (Phi) is 3.58. The summed E-state index contributed by atoms with van der Waals surface area (Å²) in [6.45, 7) is 0. The number of hydrogen-bond donors (Lipinski definition) is 1. The van der Waals surface area contributed by atoms with E-state index >= 15 is 0 Å². The van der Waals surface area contributed by atoms with Crippen molar-refractivity contribution in [1.82, 2.24) is 14.5 Å². The lowest BCUT2D eigenvalue weighted by molar-refractivity contribution is 0.632. The average molecular weight is 316 g/mol. The van der Waals surface area contributed by atoms with Gasteiger partial charge in [-0.2, -0.15) is 0 Å². The zero-order valence-electron chi connectivity index (χ0n) is 12.0. The molecule has 0 aliphatic rings. The molecular formula is C15H13FN4OS. The monoisotopic (exact) mass is 316 g/mol. The number of nitrogens with zero attached hydrogens (tertiary/aromatic N) is 3. The van der Waals surface area contributed by atoms with Crippen LogP contribution in [0.3, 0.4) is 0 Å². The number of nitrogens with two attached hydrogens (primary N) is 1. The lowest BCUT2D eigenvalue weighted by Crippen LogP contribution is -2.20. The van der Waals surface area contributed by atoms with E-state index in [0.29, 0.717) is 21.9 Å². The van der Waals surface area contributed by atoms with E-state index in [1.807, 2.05) is 6.26 Å². The SMILES string of the molecule is CSc1ncc2cc(-c3ccc(F)c(N)c3)c(=O)n(C)c2n1. The summed E-state index contributed by atoms with van der Waals surface area (Å²) in [5.41, 5.74) is 6.93. The van der Waals surface area contributed by atoms with Gasteiger partial charge in [0.15, 0.2) is 5.16 Å². The lowest BCUT2D eigenvalue weighted by atomic mass is 10.1. The van der Waals surface area contributed by atoms with Crippen molar-refractivity contribution in [1.29, 1.82) is 0 Å². The van der Waals surface area contributed by atoms with E-state index in [1.165, 1.54) is 34.5 Å². The van der Waals surface area contributed by atoms with E-state index in [1.54, 1.807) is 19.3 Å². The molecule has 3 rings (SSSR count). The molecule has 0 saturated carbocycles. The van der Waals surface area contributed by atoms with Crippen molar-refractivity contribution in [2.24, 2.45) is 7.05 Å². The van der Waals surface area contributed by atoms with Gasteiger partial charge in [-0.25, -0.2) is 14.4 Å². The van der Waals surface area contributed by atoms with Crippen LogP contribution in [0.15, 0.2) is 40.4 Å². The first kappa shape index (κ1) is 14.5. The highest BCUT2D eigenvalue weighted by Gasteiger charge is 2.12. The molecule has 0 amide bonds. The Morgan fingerprint density at radius 3 is 2.77 bits per heavy atom. The molecule has 0 aliphatic carbocycles. The number of fused-ring (bicyclic) bond motifs is 1. The molecule has 0 atom stereocenters. The molecule has 0 spiro atoms. The summed E-state index contributed by atoms with van der Waals surface area (Å²) in [6, 6.07) is 5.94. The van der Waals surface area contributed by atoms with E-state index in [0.717, 1.165) is 5.39 Å². The lowest BCUT2D eigenvalue weighted by Gasteiger charge is -2.09. The molecule has 0 bridgehead atoms. The fraction of sp³-hybridized carbons (Fsp3) is 0.133. The quantitative estimate of drug-likeness (QED) is 0.446. The van der Waals surface area contributed by atoms with Crippen LogP contribution in [0, 0.1) is 5.82 Å². The van der Waals surface area contributed by atoms with Crippen molar-refractivity contribution in [3.05, 3.63) is 46.6 Å². The van der Waals surface area contributed by atoms with Crippen molar-refractivity contribution < 1.29 is 4.39 Å². The van der Waals surface area contributed by atoms with Gasteiger partial charge in [0.25, 0.3) is 5.56 Å². The number of halogens is 1. The van der Waals surface area contributed by atoms with Gasteiger partial charge in [0.2, 0.25) is 0 Å². The summed E-state index contributed by atoms with van der Waals surface area (Å²) in [5, 5.41) is 1.33. The van der Waals surface area contributed by atoms with Crippen LogP contribution in [0.5, 0.6) is 0 Å². The van der Waals surface area contributed by atoms with Crippen molar-refractivity contribution in [3.8, 4) is 11.1 Å². The molecule has 0 aliphatic heterocycles. The summed E-state index contributed by atoms with van der Waals surface area (Å²) in [6.07, 6.45) is 3.54. The van der Waals surface area contributed by atoms with Crippen molar-refractivity contribution in [3.63, 3.8) is 0 Å².